The Balaban J connectivity index is 2.45. The topological polar surface area (TPSA) is 12.4 Å². The average Bonchev–Trinajstić information content (AvgIpc) is 1.86. The molecule has 0 N–H and O–H groups in total. The van der Waals surface area contributed by atoms with Crippen molar-refractivity contribution in [2.75, 3.05) is 5.75 Å². The fourth-order valence-electron chi connectivity index (χ4n) is 0.291. The summed E-state index contributed by atoms with van der Waals surface area (Å²) in [6, 6.07) is 0. The average molecular weight is 122 g/mol. The summed E-state index contributed by atoms with van der Waals surface area (Å²) in [6.45, 7) is 0. The van der Waals surface area contributed by atoms with Gasteiger partial charge in [-0.3, -0.25) is 0 Å². The van der Waals surface area contributed by atoms with Gasteiger partial charge in [0.25, 0.3) is 0 Å². The Labute approximate surface area is 45.9 Å². The lowest BCUT2D eigenvalue weighted by Gasteiger charge is -1.71. The largest absolute Gasteiger partial charge is 0.209 e. The van der Waals surface area contributed by atoms with Crippen LogP contribution >= 0.6 is 23.5 Å². The van der Waals surface area contributed by atoms with E-state index in [4.69, 9.17) is 11.6 Å². The van der Waals surface area contributed by atoms with E-state index in [2.05, 4.69) is 4.40 Å². The van der Waals surface area contributed by atoms with Crippen LogP contribution in [0.4, 0.5) is 0 Å². The molecule has 1 heterocycles. The van der Waals surface area contributed by atoms with Crippen LogP contribution in [0.1, 0.15) is 6.42 Å². The Kier molecular flexibility index (Phi) is 1.37. The van der Waals surface area contributed by atoms with Gasteiger partial charge in [-0.25, -0.2) is 4.40 Å². The molecule has 34 valence electrons. The first-order valence-corrected chi connectivity index (χ1v) is 3.06. The predicted molar refractivity (Wildman–Crippen MR) is 30.4 cm³/mol. The van der Waals surface area contributed by atoms with Crippen LogP contribution in [-0.2, 0) is 0 Å². The summed E-state index contributed by atoms with van der Waals surface area (Å²) in [5, 5.41) is 0.764. The van der Waals surface area contributed by atoms with E-state index < -0.39 is 0 Å². The molecule has 0 aromatic rings. The molecule has 1 nitrogen and oxygen atoms in total. The molecule has 0 amide bonds. The van der Waals surface area contributed by atoms with Crippen LogP contribution in [0, 0.1) is 0 Å². The lowest BCUT2D eigenvalue weighted by Crippen LogP contribution is -1.76. The Bertz CT molecular complexity index is 80.9. The SMILES string of the molecule is ClC1=NSCC1. The third-order valence-corrected chi connectivity index (χ3v) is 1.67. The lowest BCUT2D eigenvalue weighted by atomic mass is 10.5. The van der Waals surface area contributed by atoms with Gasteiger partial charge >= 0.3 is 0 Å². The van der Waals surface area contributed by atoms with Gasteiger partial charge in [0.1, 0.15) is 5.17 Å². The third kappa shape index (κ3) is 0.884. The Morgan fingerprint density at radius 2 is 2.67 bits per heavy atom. The highest BCUT2D eigenvalue weighted by atomic mass is 35.5. The molecule has 1 rings (SSSR count). The quantitative estimate of drug-likeness (QED) is 0.444. The van der Waals surface area contributed by atoms with E-state index in [1.165, 1.54) is 11.9 Å². The van der Waals surface area contributed by atoms with E-state index in [1.807, 2.05) is 0 Å². The van der Waals surface area contributed by atoms with E-state index in [0.29, 0.717) is 0 Å². The summed E-state index contributed by atoms with van der Waals surface area (Å²) >= 11 is 6.98. The molecule has 0 aliphatic carbocycles. The van der Waals surface area contributed by atoms with Crippen LogP contribution in [0.3, 0.4) is 0 Å². The first-order chi connectivity index (χ1) is 2.89. The van der Waals surface area contributed by atoms with Gasteiger partial charge < -0.3 is 0 Å². The van der Waals surface area contributed by atoms with Crippen molar-refractivity contribution in [1.82, 2.24) is 0 Å². The molecule has 0 aromatic heterocycles. The van der Waals surface area contributed by atoms with Crippen LogP contribution < -0.4 is 0 Å². The zero-order valence-corrected chi connectivity index (χ0v) is 4.72. The summed E-state index contributed by atoms with van der Waals surface area (Å²) in [4.78, 5) is 0. The Hall–Kier alpha value is 0.310. The van der Waals surface area contributed by atoms with E-state index in [9.17, 15) is 0 Å². The Morgan fingerprint density at radius 3 is 2.83 bits per heavy atom. The van der Waals surface area contributed by atoms with Crippen molar-refractivity contribution in [3.8, 4) is 0 Å². The second-order valence-corrected chi connectivity index (χ2v) is 2.34. The highest BCUT2D eigenvalue weighted by Crippen LogP contribution is 2.15. The fraction of sp³-hybridized carbons (Fsp3) is 0.667. The minimum atomic E-state index is 0.764. The van der Waals surface area contributed by atoms with Crippen LogP contribution in [0.25, 0.3) is 0 Å². The summed E-state index contributed by atoms with van der Waals surface area (Å²) < 4.78 is 3.83. The molecular weight excluding hydrogens is 118 g/mol. The minimum absolute atomic E-state index is 0.764. The van der Waals surface area contributed by atoms with Gasteiger partial charge in [0, 0.05) is 12.2 Å². The Morgan fingerprint density at radius 1 is 1.83 bits per heavy atom. The van der Waals surface area contributed by atoms with E-state index in [0.717, 1.165) is 17.3 Å². The second kappa shape index (κ2) is 1.85. The van der Waals surface area contributed by atoms with E-state index in [-0.39, 0.29) is 0 Å². The molecule has 0 fully saturated rings. The summed E-state index contributed by atoms with van der Waals surface area (Å²) in [5.74, 6) is 1.07. The van der Waals surface area contributed by atoms with Crippen molar-refractivity contribution in [2.45, 2.75) is 6.42 Å². The highest BCUT2D eigenvalue weighted by molar-refractivity contribution is 7.98. The molecule has 0 aromatic carbocycles. The van der Waals surface area contributed by atoms with Gasteiger partial charge in [-0.1, -0.05) is 11.6 Å². The molecule has 0 saturated heterocycles. The van der Waals surface area contributed by atoms with Crippen molar-refractivity contribution in [3.05, 3.63) is 0 Å². The van der Waals surface area contributed by atoms with Gasteiger partial charge in [0.2, 0.25) is 0 Å². The van der Waals surface area contributed by atoms with E-state index in [1.54, 1.807) is 0 Å². The maximum Gasteiger partial charge on any atom is 0.115 e. The molecule has 1 aliphatic heterocycles. The van der Waals surface area contributed by atoms with Crippen LogP contribution in [0.2, 0.25) is 0 Å². The predicted octanol–water partition coefficient (Wildman–Crippen LogP) is 1.68. The maximum absolute atomic E-state index is 5.44. The molecule has 0 bridgehead atoms. The van der Waals surface area contributed by atoms with Crippen molar-refractivity contribution < 1.29 is 0 Å². The van der Waals surface area contributed by atoms with Gasteiger partial charge in [0.05, 0.1) is 0 Å². The number of hydrogen-bond acceptors (Lipinski definition) is 2. The van der Waals surface area contributed by atoms with Gasteiger partial charge in [-0.2, -0.15) is 0 Å². The van der Waals surface area contributed by atoms with Crippen molar-refractivity contribution in [2.24, 2.45) is 4.40 Å². The van der Waals surface area contributed by atoms with Crippen molar-refractivity contribution in [3.63, 3.8) is 0 Å². The maximum atomic E-state index is 5.44. The van der Waals surface area contributed by atoms with Crippen LogP contribution in [-0.4, -0.2) is 10.9 Å². The first kappa shape index (κ1) is 4.47. The zero-order valence-electron chi connectivity index (χ0n) is 3.15. The summed E-state index contributed by atoms with van der Waals surface area (Å²) in [5.41, 5.74) is 0. The zero-order chi connectivity index (χ0) is 4.41. The standard InChI is InChI=1S/C3H4ClNS/c4-3-1-2-6-5-3/h1-2H2. The molecule has 0 atom stereocenters. The number of hydrogen-bond donors (Lipinski definition) is 0. The monoisotopic (exact) mass is 121 g/mol. The van der Waals surface area contributed by atoms with Crippen LogP contribution in [0.15, 0.2) is 4.40 Å². The second-order valence-electron chi connectivity index (χ2n) is 1.05. The molecular formula is C3H4ClNS. The molecule has 0 unspecified atom stereocenters. The summed E-state index contributed by atoms with van der Waals surface area (Å²) in [6.07, 6.45) is 0.965. The van der Waals surface area contributed by atoms with Gasteiger partial charge in [-0.05, 0) is 11.9 Å². The van der Waals surface area contributed by atoms with Gasteiger partial charge in [-0.15, -0.1) is 0 Å². The number of rotatable bonds is 0. The van der Waals surface area contributed by atoms with Crippen molar-refractivity contribution in [1.29, 1.82) is 0 Å². The van der Waals surface area contributed by atoms with Gasteiger partial charge in [0.15, 0.2) is 0 Å². The number of halogens is 1. The number of nitrogens with zero attached hydrogens (tertiary/aromatic N) is 1. The molecule has 0 radical (unpaired) electrons. The molecule has 6 heavy (non-hydrogen) atoms. The summed E-state index contributed by atoms with van der Waals surface area (Å²) in [7, 11) is 0. The first-order valence-electron chi connectivity index (χ1n) is 1.74. The normalized spacial score (nSPS) is 21.2. The molecule has 1 aliphatic rings. The molecule has 3 heteroatoms. The smallest absolute Gasteiger partial charge is 0.115 e. The van der Waals surface area contributed by atoms with E-state index >= 15 is 0 Å². The van der Waals surface area contributed by atoms with Crippen molar-refractivity contribution >= 4 is 28.7 Å². The molecule has 0 spiro atoms. The fourth-order valence-corrected chi connectivity index (χ4v) is 1.25. The highest BCUT2D eigenvalue weighted by Gasteiger charge is 2.00. The third-order valence-electron chi connectivity index (χ3n) is 0.563. The molecule has 0 saturated carbocycles. The minimum Gasteiger partial charge on any atom is -0.209 e. The lowest BCUT2D eigenvalue weighted by molar-refractivity contribution is 1.38. The van der Waals surface area contributed by atoms with Crippen LogP contribution in [0.5, 0.6) is 0 Å².